The summed E-state index contributed by atoms with van der Waals surface area (Å²) in [4.78, 5) is 24.9. The molecule has 1 aliphatic carbocycles. The lowest BCUT2D eigenvalue weighted by molar-refractivity contribution is -0.130. The molecule has 37 heavy (non-hydrogen) atoms. The van der Waals surface area contributed by atoms with E-state index in [-0.39, 0.29) is 18.6 Å². The number of rotatable bonds is 8. The number of likely N-dealkylation sites (N-methyl/N-ethyl adjacent to an activating group) is 1. The largest absolute Gasteiger partial charge is 0.482 e. The van der Waals surface area contributed by atoms with E-state index >= 15 is 0 Å². The number of carbonyl (C=O) groups is 1. The third kappa shape index (κ3) is 6.40. The molecule has 1 amide bonds. The summed E-state index contributed by atoms with van der Waals surface area (Å²) in [6.07, 6.45) is 5.66. The first kappa shape index (κ1) is 25.1. The Morgan fingerprint density at radius 2 is 1.89 bits per heavy atom. The molecule has 196 valence electrons. The van der Waals surface area contributed by atoms with E-state index in [2.05, 4.69) is 39.5 Å². The highest BCUT2D eigenvalue weighted by Gasteiger charge is 2.24. The molecule has 0 spiro atoms. The van der Waals surface area contributed by atoms with Crippen molar-refractivity contribution in [2.75, 3.05) is 57.2 Å². The molecule has 3 aromatic rings. The molecule has 0 radical (unpaired) electrons. The zero-order valence-electron chi connectivity index (χ0n) is 21.6. The van der Waals surface area contributed by atoms with Crippen LogP contribution < -0.4 is 19.7 Å². The molecule has 9 heteroatoms. The maximum Gasteiger partial charge on any atom is 0.259 e. The quantitative estimate of drug-likeness (QED) is 0.495. The topological polar surface area (TPSA) is 89.0 Å². The summed E-state index contributed by atoms with van der Waals surface area (Å²) in [5.41, 5.74) is 0. The molecule has 2 fully saturated rings. The van der Waals surface area contributed by atoms with E-state index in [0.717, 1.165) is 80.3 Å². The predicted molar refractivity (Wildman–Crippen MR) is 143 cm³/mol. The first-order valence-corrected chi connectivity index (χ1v) is 13.0. The monoisotopic (exact) mass is 505 g/mol. The van der Waals surface area contributed by atoms with Crippen LogP contribution in [0, 0.1) is 0 Å². The van der Waals surface area contributed by atoms with Crippen LogP contribution in [0.4, 0.5) is 11.6 Å². The van der Waals surface area contributed by atoms with Crippen molar-refractivity contribution in [2.45, 2.75) is 37.8 Å². The highest BCUT2D eigenvalue weighted by atomic mass is 16.5. The van der Waals surface area contributed by atoms with Crippen LogP contribution in [0.3, 0.4) is 0 Å². The fourth-order valence-corrected chi connectivity index (χ4v) is 4.71. The predicted octanol–water partition coefficient (Wildman–Crippen LogP) is 3.74. The van der Waals surface area contributed by atoms with Crippen molar-refractivity contribution in [2.24, 2.45) is 0 Å². The third-order valence-electron chi connectivity index (χ3n) is 6.93. The molecule has 1 saturated carbocycles. The van der Waals surface area contributed by atoms with E-state index in [1.54, 1.807) is 20.3 Å². The molecule has 0 unspecified atom stereocenters. The Morgan fingerprint density at radius 3 is 2.62 bits per heavy atom. The fraction of sp³-hybridized carbons (Fsp3) is 0.464. The Hall–Kier alpha value is -3.59. The van der Waals surface area contributed by atoms with E-state index in [0.29, 0.717) is 11.8 Å². The molecule has 9 nitrogen and oxygen atoms in total. The van der Waals surface area contributed by atoms with Gasteiger partial charge < -0.3 is 29.3 Å². The molecule has 5 rings (SSSR count). The van der Waals surface area contributed by atoms with Crippen molar-refractivity contribution in [3.05, 3.63) is 48.7 Å². The van der Waals surface area contributed by atoms with Gasteiger partial charge in [0.05, 0.1) is 19.4 Å². The Kier molecular flexibility index (Phi) is 7.89. The standard InChI is InChI=1S/C28H35N5O4/c1-32(2)27(34)19-36-23-11-12-25(29-18-23)30-21-7-9-22(10-8-21)37-28-24-6-4-3-5-20(24)17-26(31-28)33-13-15-35-16-14-33/h3-6,11-12,17-18,21-22H,7-10,13-16,19H2,1-2H3,(H,29,30). The van der Waals surface area contributed by atoms with Gasteiger partial charge in [-0.1, -0.05) is 18.2 Å². The summed E-state index contributed by atoms with van der Waals surface area (Å²) in [6.45, 7) is 3.14. The highest BCUT2D eigenvalue weighted by Crippen LogP contribution is 2.32. The second kappa shape index (κ2) is 11.6. The minimum absolute atomic E-state index is 0.00493. The third-order valence-corrected chi connectivity index (χ3v) is 6.93. The van der Waals surface area contributed by atoms with Gasteiger partial charge in [0.25, 0.3) is 5.91 Å². The first-order valence-electron chi connectivity index (χ1n) is 13.0. The molecule has 1 aromatic carbocycles. The minimum Gasteiger partial charge on any atom is -0.482 e. The van der Waals surface area contributed by atoms with Crippen LogP contribution in [0.15, 0.2) is 48.7 Å². The average molecular weight is 506 g/mol. The maximum absolute atomic E-state index is 11.7. The van der Waals surface area contributed by atoms with Crippen LogP contribution in [0.5, 0.6) is 11.6 Å². The normalized spacial score (nSPS) is 19.9. The zero-order chi connectivity index (χ0) is 25.6. The number of amides is 1. The van der Waals surface area contributed by atoms with Crippen LogP contribution in [0.2, 0.25) is 0 Å². The number of nitrogens with zero attached hydrogens (tertiary/aromatic N) is 4. The van der Waals surface area contributed by atoms with E-state index in [1.165, 1.54) is 4.90 Å². The molecular weight excluding hydrogens is 470 g/mol. The van der Waals surface area contributed by atoms with Crippen molar-refractivity contribution in [3.63, 3.8) is 0 Å². The van der Waals surface area contributed by atoms with E-state index in [4.69, 9.17) is 19.2 Å². The van der Waals surface area contributed by atoms with Gasteiger partial charge in [-0.15, -0.1) is 0 Å². The van der Waals surface area contributed by atoms with Crippen molar-refractivity contribution >= 4 is 28.3 Å². The van der Waals surface area contributed by atoms with Crippen LogP contribution in [-0.2, 0) is 9.53 Å². The molecule has 0 bridgehead atoms. The summed E-state index contributed by atoms with van der Waals surface area (Å²) in [7, 11) is 3.41. The number of anilines is 2. The van der Waals surface area contributed by atoms with Gasteiger partial charge in [0.15, 0.2) is 6.61 Å². The van der Waals surface area contributed by atoms with Gasteiger partial charge >= 0.3 is 0 Å². The molecule has 0 atom stereocenters. The number of aromatic nitrogens is 2. The lowest BCUT2D eigenvalue weighted by Crippen LogP contribution is -2.37. The number of pyridine rings is 2. The molecule has 1 aliphatic heterocycles. The number of fused-ring (bicyclic) bond motifs is 1. The molecular formula is C28H35N5O4. The minimum atomic E-state index is -0.0859. The van der Waals surface area contributed by atoms with Crippen LogP contribution in [-0.4, -0.2) is 79.9 Å². The van der Waals surface area contributed by atoms with Gasteiger partial charge in [0, 0.05) is 38.6 Å². The number of benzene rings is 1. The number of nitrogens with one attached hydrogen (secondary N) is 1. The highest BCUT2D eigenvalue weighted by molar-refractivity contribution is 5.89. The van der Waals surface area contributed by atoms with Crippen molar-refractivity contribution in [1.29, 1.82) is 0 Å². The fourth-order valence-electron chi connectivity index (χ4n) is 4.71. The SMILES string of the molecule is CN(C)C(=O)COc1ccc(NC2CCC(Oc3nc(N4CCOCC4)cc4ccccc34)CC2)nc1. The molecule has 1 saturated heterocycles. The average Bonchev–Trinajstić information content (AvgIpc) is 2.94. The summed E-state index contributed by atoms with van der Waals surface area (Å²) in [5.74, 6) is 2.98. The Balaban J connectivity index is 1.16. The van der Waals surface area contributed by atoms with Crippen LogP contribution in [0.25, 0.3) is 10.8 Å². The van der Waals surface area contributed by atoms with Gasteiger partial charge in [-0.2, -0.15) is 4.98 Å². The van der Waals surface area contributed by atoms with Crippen LogP contribution >= 0.6 is 0 Å². The van der Waals surface area contributed by atoms with Gasteiger partial charge in [-0.3, -0.25) is 4.79 Å². The molecule has 2 aliphatic rings. The Labute approximate surface area is 217 Å². The van der Waals surface area contributed by atoms with E-state index in [1.807, 2.05) is 18.2 Å². The van der Waals surface area contributed by atoms with E-state index < -0.39 is 0 Å². The van der Waals surface area contributed by atoms with E-state index in [9.17, 15) is 4.79 Å². The maximum atomic E-state index is 11.7. The first-order chi connectivity index (χ1) is 18.0. The van der Waals surface area contributed by atoms with Crippen LogP contribution in [0.1, 0.15) is 25.7 Å². The Bertz CT molecular complexity index is 1190. The molecule has 1 N–H and O–H groups in total. The lowest BCUT2D eigenvalue weighted by Gasteiger charge is -2.31. The summed E-state index contributed by atoms with van der Waals surface area (Å²) < 4.78 is 17.5. The van der Waals surface area contributed by atoms with Crippen molar-refractivity contribution in [3.8, 4) is 11.6 Å². The second-order valence-electron chi connectivity index (χ2n) is 9.80. The number of hydrogen-bond acceptors (Lipinski definition) is 8. The van der Waals surface area contributed by atoms with Crippen molar-refractivity contribution in [1.82, 2.24) is 14.9 Å². The lowest BCUT2D eigenvalue weighted by atomic mass is 9.93. The van der Waals surface area contributed by atoms with Gasteiger partial charge in [0.2, 0.25) is 5.88 Å². The smallest absolute Gasteiger partial charge is 0.259 e. The number of carbonyl (C=O) groups excluding carboxylic acids is 1. The summed E-state index contributed by atoms with van der Waals surface area (Å²) in [6, 6.07) is 14.5. The second-order valence-corrected chi connectivity index (χ2v) is 9.80. The van der Waals surface area contributed by atoms with Crippen molar-refractivity contribution < 1.29 is 19.0 Å². The molecule has 2 aromatic heterocycles. The van der Waals surface area contributed by atoms with Gasteiger partial charge in [0.1, 0.15) is 23.5 Å². The van der Waals surface area contributed by atoms with Gasteiger partial charge in [-0.05, 0) is 55.3 Å². The zero-order valence-corrected chi connectivity index (χ0v) is 21.6. The number of hydrogen-bond donors (Lipinski definition) is 1. The summed E-state index contributed by atoms with van der Waals surface area (Å²) >= 11 is 0. The van der Waals surface area contributed by atoms with Gasteiger partial charge in [-0.25, -0.2) is 4.98 Å². The number of ether oxygens (including phenoxy) is 3. The number of morpholine rings is 1. The summed E-state index contributed by atoms with van der Waals surface area (Å²) in [5, 5.41) is 5.73. The molecule has 3 heterocycles. The Morgan fingerprint density at radius 1 is 1.11 bits per heavy atom.